The highest BCUT2D eigenvalue weighted by Crippen LogP contribution is 2.24. The third-order valence-electron chi connectivity index (χ3n) is 5.11. The summed E-state index contributed by atoms with van der Waals surface area (Å²) in [4.78, 5) is 16.7. The molecular formula is C17H23N5O2. The summed E-state index contributed by atoms with van der Waals surface area (Å²) in [7, 11) is 0. The van der Waals surface area contributed by atoms with Gasteiger partial charge >= 0.3 is 0 Å². The van der Waals surface area contributed by atoms with E-state index in [0.717, 1.165) is 24.1 Å². The molecule has 3 heterocycles. The summed E-state index contributed by atoms with van der Waals surface area (Å²) in [5, 5.41) is 19.0. The van der Waals surface area contributed by atoms with Crippen LogP contribution in [0.4, 0.5) is 0 Å². The van der Waals surface area contributed by atoms with E-state index in [0.29, 0.717) is 26.1 Å². The molecule has 0 saturated carbocycles. The molecule has 1 aromatic heterocycles. The topological polar surface area (TPSA) is 74.5 Å². The van der Waals surface area contributed by atoms with Gasteiger partial charge in [-0.05, 0) is 44.5 Å². The molecule has 1 unspecified atom stereocenters. The van der Waals surface area contributed by atoms with E-state index >= 15 is 0 Å². The third-order valence-corrected chi connectivity index (χ3v) is 5.11. The zero-order chi connectivity index (χ0) is 16.6. The molecule has 1 atom stereocenters. The van der Waals surface area contributed by atoms with Gasteiger partial charge < -0.3 is 14.9 Å². The summed E-state index contributed by atoms with van der Waals surface area (Å²) in [5.74, 6) is -0.0111. The van der Waals surface area contributed by atoms with Crippen molar-refractivity contribution in [3.63, 3.8) is 0 Å². The van der Waals surface area contributed by atoms with Gasteiger partial charge in [-0.25, -0.2) is 4.68 Å². The van der Waals surface area contributed by atoms with E-state index in [4.69, 9.17) is 0 Å². The van der Waals surface area contributed by atoms with Crippen LogP contribution in [0.25, 0.3) is 11.0 Å². The predicted octanol–water partition coefficient (Wildman–Crippen LogP) is 0.490. The number of aromatic nitrogens is 3. The molecule has 2 saturated heterocycles. The van der Waals surface area contributed by atoms with Crippen molar-refractivity contribution in [3.8, 4) is 0 Å². The van der Waals surface area contributed by atoms with E-state index in [-0.39, 0.29) is 12.5 Å². The largest absolute Gasteiger partial charge is 0.387 e. The molecule has 2 fully saturated rings. The van der Waals surface area contributed by atoms with Gasteiger partial charge in [0.1, 0.15) is 12.1 Å². The van der Waals surface area contributed by atoms with Crippen LogP contribution >= 0.6 is 0 Å². The van der Waals surface area contributed by atoms with Gasteiger partial charge in [-0.3, -0.25) is 4.79 Å². The number of β-amino-alcohol motifs (C(OH)–C–C–N with tert-alkyl or cyclic N) is 1. The number of carbonyl (C=O) groups is 1. The fourth-order valence-electron chi connectivity index (χ4n) is 3.82. The van der Waals surface area contributed by atoms with Gasteiger partial charge in [-0.2, -0.15) is 0 Å². The van der Waals surface area contributed by atoms with Gasteiger partial charge in [-0.15, -0.1) is 5.10 Å². The van der Waals surface area contributed by atoms with Crippen LogP contribution in [0.3, 0.4) is 0 Å². The van der Waals surface area contributed by atoms with Gasteiger partial charge in [0.25, 0.3) is 0 Å². The maximum absolute atomic E-state index is 12.6. The quantitative estimate of drug-likeness (QED) is 0.884. The van der Waals surface area contributed by atoms with E-state index in [9.17, 15) is 9.90 Å². The summed E-state index contributed by atoms with van der Waals surface area (Å²) in [5.41, 5.74) is 0.874. The van der Waals surface area contributed by atoms with Crippen LogP contribution in [0.15, 0.2) is 24.3 Å². The number of carbonyl (C=O) groups excluding carboxylic acids is 1. The molecule has 1 N–H and O–H groups in total. The number of likely N-dealkylation sites (tertiary alicyclic amines) is 2. The molecule has 0 spiro atoms. The first-order valence-electron chi connectivity index (χ1n) is 8.64. The van der Waals surface area contributed by atoms with E-state index in [2.05, 4.69) is 15.2 Å². The molecule has 0 radical (unpaired) electrons. The number of fused-ring (bicyclic) bond motifs is 1. The molecule has 7 nitrogen and oxygen atoms in total. The second kappa shape index (κ2) is 6.14. The highest BCUT2D eigenvalue weighted by molar-refractivity contribution is 5.80. The number of benzene rings is 1. The zero-order valence-electron chi connectivity index (χ0n) is 13.8. The monoisotopic (exact) mass is 329 g/mol. The van der Waals surface area contributed by atoms with Crippen LogP contribution < -0.4 is 0 Å². The van der Waals surface area contributed by atoms with Crippen molar-refractivity contribution >= 4 is 16.9 Å². The molecular weight excluding hydrogens is 306 g/mol. The summed E-state index contributed by atoms with van der Waals surface area (Å²) >= 11 is 0. The van der Waals surface area contributed by atoms with Gasteiger partial charge in [-0.1, -0.05) is 17.3 Å². The minimum atomic E-state index is -0.773. The Morgan fingerprint density at radius 3 is 2.83 bits per heavy atom. The molecule has 2 aromatic rings. The summed E-state index contributed by atoms with van der Waals surface area (Å²) in [6.07, 6.45) is 3.06. The van der Waals surface area contributed by atoms with Crippen LogP contribution in [-0.4, -0.2) is 74.1 Å². The molecule has 4 rings (SSSR count). The lowest BCUT2D eigenvalue weighted by Crippen LogP contribution is -2.45. The van der Waals surface area contributed by atoms with Crippen LogP contribution in [0.5, 0.6) is 0 Å². The second-order valence-electron chi connectivity index (χ2n) is 7.01. The average molecular weight is 329 g/mol. The Bertz CT molecular complexity index is 739. The lowest BCUT2D eigenvalue weighted by molar-refractivity contribution is -0.132. The molecule has 24 heavy (non-hydrogen) atoms. The summed E-state index contributed by atoms with van der Waals surface area (Å²) < 4.78 is 1.63. The Balaban J connectivity index is 1.40. The van der Waals surface area contributed by atoms with Gasteiger partial charge in [0, 0.05) is 13.1 Å². The Morgan fingerprint density at radius 2 is 2.00 bits per heavy atom. The molecule has 2 aliphatic heterocycles. The van der Waals surface area contributed by atoms with E-state index in [1.54, 1.807) is 9.58 Å². The van der Waals surface area contributed by atoms with E-state index in [1.165, 1.54) is 12.8 Å². The summed E-state index contributed by atoms with van der Waals surface area (Å²) in [6, 6.07) is 7.61. The normalized spacial score (nSPS) is 25.0. The Hall–Kier alpha value is -1.99. The number of rotatable bonds is 4. The predicted molar refractivity (Wildman–Crippen MR) is 89.3 cm³/mol. The molecule has 1 aromatic carbocycles. The lowest BCUT2D eigenvalue weighted by Gasteiger charge is -2.28. The molecule has 128 valence electrons. The van der Waals surface area contributed by atoms with Crippen molar-refractivity contribution in [1.29, 1.82) is 0 Å². The Morgan fingerprint density at radius 1 is 1.21 bits per heavy atom. The third kappa shape index (κ3) is 3.01. The lowest BCUT2D eigenvalue weighted by atomic mass is 10.0. The highest BCUT2D eigenvalue weighted by atomic mass is 16.3. The van der Waals surface area contributed by atoms with Gasteiger partial charge in [0.2, 0.25) is 5.91 Å². The smallest absolute Gasteiger partial charge is 0.244 e. The first kappa shape index (κ1) is 15.5. The van der Waals surface area contributed by atoms with Crippen LogP contribution in [0, 0.1) is 0 Å². The minimum Gasteiger partial charge on any atom is -0.387 e. The fourth-order valence-corrected chi connectivity index (χ4v) is 3.82. The number of aliphatic hydroxyl groups is 1. The van der Waals surface area contributed by atoms with Crippen LogP contribution in [-0.2, 0) is 11.3 Å². The zero-order valence-corrected chi connectivity index (χ0v) is 13.8. The molecule has 2 aliphatic rings. The van der Waals surface area contributed by atoms with Crippen LogP contribution in [0.1, 0.15) is 19.3 Å². The van der Waals surface area contributed by atoms with Crippen molar-refractivity contribution in [2.45, 2.75) is 31.4 Å². The van der Waals surface area contributed by atoms with Crippen molar-refractivity contribution in [1.82, 2.24) is 24.8 Å². The SMILES string of the molecule is O=C(Cn1nnc2ccccc21)N1CCC(O)(CN2CCCC2)C1. The van der Waals surface area contributed by atoms with Crippen molar-refractivity contribution in [3.05, 3.63) is 24.3 Å². The molecule has 7 heteroatoms. The summed E-state index contributed by atoms with van der Waals surface area (Å²) in [6.45, 7) is 3.97. The first-order chi connectivity index (χ1) is 11.6. The molecule has 0 bridgehead atoms. The van der Waals surface area contributed by atoms with Crippen molar-refractivity contribution in [2.75, 3.05) is 32.7 Å². The van der Waals surface area contributed by atoms with E-state index < -0.39 is 5.60 Å². The molecule has 1 amide bonds. The maximum Gasteiger partial charge on any atom is 0.244 e. The average Bonchev–Trinajstić information content (AvgIpc) is 3.29. The first-order valence-corrected chi connectivity index (χ1v) is 8.64. The number of hydrogen-bond acceptors (Lipinski definition) is 5. The standard InChI is InChI=1S/C17H23N5O2/c23-16(11-22-15-6-2-1-5-14(15)18-19-22)21-10-7-17(24,13-21)12-20-8-3-4-9-20/h1-2,5-6,24H,3-4,7-13H2. The van der Waals surface area contributed by atoms with Crippen LogP contribution in [0.2, 0.25) is 0 Å². The van der Waals surface area contributed by atoms with Gasteiger partial charge in [0.05, 0.1) is 17.7 Å². The second-order valence-corrected chi connectivity index (χ2v) is 7.01. The fraction of sp³-hybridized carbons (Fsp3) is 0.588. The van der Waals surface area contributed by atoms with E-state index in [1.807, 2.05) is 24.3 Å². The number of amides is 1. The van der Waals surface area contributed by atoms with Gasteiger partial charge in [0.15, 0.2) is 0 Å². The number of para-hydroxylation sites is 1. The minimum absolute atomic E-state index is 0.0111. The highest BCUT2D eigenvalue weighted by Gasteiger charge is 2.39. The van der Waals surface area contributed by atoms with Crippen molar-refractivity contribution in [2.24, 2.45) is 0 Å². The number of nitrogens with zero attached hydrogens (tertiary/aromatic N) is 5. The Labute approximate surface area is 140 Å². The molecule has 0 aliphatic carbocycles. The number of hydrogen-bond donors (Lipinski definition) is 1. The van der Waals surface area contributed by atoms with Crippen molar-refractivity contribution < 1.29 is 9.90 Å². The Kier molecular flexibility index (Phi) is 3.97. The maximum atomic E-state index is 12.6.